The van der Waals surface area contributed by atoms with Gasteiger partial charge in [-0.05, 0) is 34.7 Å². The van der Waals surface area contributed by atoms with E-state index in [0.29, 0.717) is 10.7 Å². The number of aryl methyl sites for hydroxylation is 1. The third kappa shape index (κ3) is 3.65. The second-order valence-electron chi connectivity index (χ2n) is 5.86. The van der Waals surface area contributed by atoms with Gasteiger partial charge in [0.15, 0.2) is 11.0 Å². The van der Waals surface area contributed by atoms with E-state index in [1.54, 1.807) is 6.20 Å². The van der Waals surface area contributed by atoms with Gasteiger partial charge in [-0.3, -0.25) is 10.1 Å². The van der Waals surface area contributed by atoms with Crippen LogP contribution in [0.1, 0.15) is 10.4 Å². The van der Waals surface area contributed by atoms with Crippen molar-refractivity contribution in [1.82, 2.24) is 14.5 Å². The molecule has 4 aromatic rings. The van der Waals surface area contributed by atoms with Crippen LogP contribution in [-0.4, -0.2) is 20.4 Å². The molecule has 1 amide bonds. The van der Waals surface area contributed by atoms with E-state index in [9.17, 15) is 4.79 Å². The van der Waals surface area contributed by atoms with Gasteiger partial charge in [0.05, 0.1) is 16.1 Å². The van der Waals surface area contributed by atoms with E-state index in [1.165, 1.54) is 11.3 Å². The van der Waals surface area contributed by atoms with Gasteiger partial charge >= 0.3 is 0 Å². The minimum atomic E-state index is -0.167. The van der Waals surface area contributed by atoms with Crippen LogP contribution in [0.25, 0.3) is 22.0 Å². The smallest absolute Gasteiger partial charge is 0.258 e. The second-order valence-corrected chi connectivity index (χ2v) is 8.02. The number of hydrogen-bond donors (Lipinski definition) is 1. The quantitative estimate of drug-likeness (QED) is 0.410. The van der Waals surface area contributed by atoms with Gasteiger partial charge in [-0.15, -0.1) is 0 Å². The van der Waals surface area contributed by atoms with Crippen molar-refractivity contribution in [1.29, 1.82) is 0 Å². The summed E-state index contributed by atoms with van der Waals surface area (Å²) < 4.78 is 2.85. The molecule has 1 N–H and O–H groups in total. The van der Waals surface area contributed by atoms with Crippen LogP contribution in [0, 0.1) is 3.57 Å². The van der Waals surface area contributed by atoms with Crippen LogP contribution in [-0.2, 0) is 7.05 Å². The molecule has 0 bridgehead atoms. The Morgan fingerprint density at radius 3 is 2.56 bits per heavy atom. The number of rotatable bonds is 4. The number of halogens is 1. The molecule has 0 spiro atoms. The van der Waals surface area contributed by atoms with Gasteiger partial charge in [-0.2, -0.15) is 0 Å². The van der Waals surface area contributed by atoms with Gasteiger partial charge in [0.2, 0.25) is 0 Å². The molecule has 134 valence electrons. The number of nitrogens with zero attached hydrogens (tertiary/aromatic N) is 3. The standard InChI is InChI=1S/C20H15IN4OS/c1-25-12-11-22-18(25)17-16(13-7-3-2-4-8-13)23-20(27-17)24-19(26)14-9-5-6-10-15(14)21/h2-12H,1H3,(H,23,24,26). The number of nitrogens with one attached hydrogen (secondary N) is 1. The Labute approximate surface area is 174 Å². The normalized spacial score (nSPS) is 10.7. The summed E-state index contributed by atoms with van der Waals surface area (Å²) in [6.07, 6.45) is 3.66. The van der Waals surface area contributed by atoms with Crippen molar-refractivity contribution in [2.45, 2.75) is 0 Å². The van der Waals surface area contributed by atoms with Crippen LogP contribution in [0.2, 0.25) is 0 Å². The minimum absolute atomic E-state index is 0.167. The third-order valence-electron chi connectivity index (χ3n) is 4.04. The number of benzene rings is 2. The maximum absolute atomic E-state index is 12.7. The first kappa shape index (κ1) is 17.9. The van der Waals surface area contributed by atoms with E-state index in [4.69, 9.17) is 4.98 Å². The van der Waals surface area contributed by atoms with Crippen LogP contribution in [0.5, 0.6) is 0 Å². The maximum Gasteiger partial charge on any atom is 0.258 e. The van der Waals surface area contributed by atoms with E-state index < -0.39 is 0 Å². The van der Waals surface area contributed by atoms with Gasteiger partial charge in [-0.25, -0.2) is 9.97 Å². The zero-order chi connectivity index (χ0) is 18.8. The maximum atomic E-state index is 12.7. The topological polar surface area (TPSA) is 59.8 Å². The predicted octanol–water partition coefficient (Wildman–Crippen LogP) is 5.07. The zero-order valence-electron chi connectivity index (χ0n) is 14.4. The van der Waals surface area contributed by atoms with Gasteiger partial charge in [0.1, 0.15) is 0 Å². The highest BCUT2D eigenvalue weighted by molar-refractivity contribution is 14.1. The molecular formula is C20H15IN4OS. The SMILES string of the molecule is Cn1ccnc1-c1sc(NC(=O)c2ccccc2I)nc1-c1ccccc1. The lowest BCUT2D eigenvalue weighted by Crippen LogP contribution is -2.13. The number of amides is 1. The van der Waals surface area contributed by atoms with Crippen LogP contribution >= 0.6 is 33.9 Å². The van der Waals surface area contributed by atoms with Crippen molar-refractivity contribution < 1.29 is 4.79 Å². The fourth-order valence-corrected chi connectivity index (χ4v) is 4.37. The molecule has 27 heavy (non-hydrogen) atoms. The summed E-state index contributed by atoms with van der Waals surface area (Å²) in [5.41, 5.74) is 2.43. The highest BCUT2D eigenvalue weighted by Gasteiger charge is 2.20. The highest BCUT2D eigenvalue weighted by Crippen LogP contribution is 2.38. The number of carbonyl (C=O) groups excluding carboxylic acids is 1. The number of aromatic nitrogens is 3. The van der Waals surface area contributed by atoms with E-state index in [-0.39, 0.29) is 5.91 Å². The minimum Gasteiger partial charge on any atom is -0.333 e. The number of imidazole rings is 1. The molecule has 0 radical (unpaired) electrons. The first-order chi connectivity index (χ1) is 13.1. The van der Waals surface area contributed by atoms with Crippen LogP contribution in [0.15, 0.2) is 67.0 Å². The first-order valence-corrected chi connectivity index (χ1v) is 10.1. The summed E-state index contributed by atoms with van der Waals surface area (Å²) in [4.78, 5) is 22.8. The average molecular weight is 486 g/mol. The molecule has 0 atom stereocenters. The number of thiazole rings is 1. The lowest BCUT2D eigenvalue weighted by molar-refractivity contribution is 0.102. The van der Waals surface area contributed by atoms with Crippen LogP contribution < -0.4 is 5.32 Å². The predicted molar refractivity (Wildman–Crippen MR) is 117 cm³/mol. The molecule has 0 saturated carbocycles. The molecule has 2 aromatic carbocycles. The Morgan fingerprint density at radius 2 is 1.85 bits per heavy atom. The van der Waals surface area contributed by atoms with Crippen molar-refractivity contribution in [3.8, 4) is 22.0 Å². The summed E-state index contributed by atoms with van der Waals surface area (Å²) in [5, 5.41) is 3.49. The third-order valence-corrected chi connectivity index (χ3v) is 5.95. The van der Waals surface area contributed by atoms with E-state index >= 15 is 0 Å². The molecule has 0 aliphatic heterocycles. The Bertz CT molecular complexity index is 1100. The molecule has 0 saturated heterocycles. The Kier molecular flexibility index (Phi) is 5.04. The fourth-order valence-electron chi connectivity index (χ4n) is 2.71. The zero-order valence-corrected chi connectivity index (χ0v) is 17.4. The molecule has 2 aromatic heterocycles. The molecule has 4 rings (SSSR count). The van der Waals surface area contributed by atoms with Gasteiger partial charge in [0, 0.05) is 28.6 Å². The Balaban J connectivity index is 1.75. The van der Waals surface area contributed by atoms with E-state index in [2.05, 4.69) is 32.9 Å². The molecule has 5 nitrogen and oxygen atoms in total. The van der Waals surface area contributed by atoms with Crippen molar-refractivity contribution in [2.24, 2.45) is 7.05 Å². The van der Waals surface area contributed by atoms with Gasteiger partial charge < -0.3 is 4.57 Å². The molecule has 0 aliphatic rings. The lowest BCUT2D eigenvalue weighted by Gasteiger charge is -2.03. The van der Waals surface area contributed by atoms with Crippen LogP contribution in [0.4, 0.5) is 5.13 Å². The van der Waals surface area contributed by atoms with Crippen molar-refractivity contribution in [3.05, 3.63) is 76.1 Å². The van der Waals surface area contributed by atoms with Crippen molar-refractivity contribution in [2.75, 3.05) is 5.32 Å². The van der Waals surface area contributed by atoms with E-state index in [0.717, 1.165) is 25.5 Å². The fraction of sp³-hybridized carbons (Fsp3) is 0.0500. The Morgan fingerprint density at radius 1 is 1.11 bits per heavy atom. The molecular weight excluding hydrogens is 471 g/mol. The van der Waals surface area contributed by atoms with Crippen molar-refractivity contribution >= 4 is 45.0 Å². The molecule has 0 aliphatic carbocycles. The number of hydrogen-bond acceptors (Lipinski definition) is 4. The highest BCUT2D eigenvalue weighted by atomic mass is 127. The number of anilines is 1. The summed E-state index contributed by atoms with van der Waals surface area (Å²) in [5.74, 6) is 0.654. The molecule has 0 fully saturated rings. The number of carbonyl (C=O) groups is 1. The van der Waals surface area contributed by atoms with Crippen molar-refractivity contribution in [3.63, 3.8) is 0 Å². The summed E-state index contributed by atoms with van der Waals surface area (Å²) in [7, 11) is 1.95. The summed E-state index contributed by atoms with van der Waals surface area (Å²) >= 11 is 3.59. The molecule has 0 unspecified atom stereocenters. The molecule has 2 heterocycles. The largest absolute Gasteiger partial charge is 0.333 e. The van der Waals surface area contributed by atoms with Gasteiger partial charge in [-0.1, -0.05) is 53.8 Å². The summed E-state index contributed by atoms with van der Waals surface area (Å²) in [6.45, 7) is 0. The second kappa shape index (κ2) is 7.61. The average Bonchev–Trinajstić information content (AvgIpc) is 3.28. The van der Waals surface area contributed by atoms with E-state index in [1.807, 2.05) is 72.4 Å². The molecule has 7 heteroatoms. The van der Waals surface area contributed by atoms with Crippen LogP contribution in [0.3, 0.4) is 0 Å². The first-order valence-electron chi connectivity index (χ1n) is 8.23. The lowest BCUT2D eigenvalue weighted by atomic mass is 10.1. The van der Waals surface area contributed by atoms with Gasteiger partial charge in [0.25, 0.3) is 5.91 Å². The Hall–Kier alpha value is -2.52. The summed E-state index contributed by atoms with van der Waals surface area (Å²) in [6, 6.07) is 17.4. The monoisotopic (exact) mass is 486 g/mol.